The molecule has 0 saturated heterocycles. The summed E-state index contributed by atoms with van der Waals surface area (Å²) in [5.74, 6) is 1.23. The van der Waals surface area contributed by atoms with Gasteiger partial charge in [0.25, 0.3) is 5.91 Å². The SMILES string of the molecule is CCn1cc(Cl)c(C(=O)N2N=C3/C(=C/c4ccccc4OC)CCC[C@@H]3[C@H]2c2ccccc2OC)n1. The second kappa shape index (κ2) is 10.2. The summed E-state index contributed by atoms with van der Waals surface area (Å²) in [5, 5.41) is 11.3. The molecule has 2 aliphatic rings. The Kier molecular flexibility index (Phi) is 6.83. The van der Waals surface area contributed by atoms with Crippen LogP contribution in [0.2, 0.25) is 5.02 Å². The Morgan fingerprint density at radius 1 is 1.11 bits per heavy atom. The molecular formula is C28H29ClN4O3. The van der Waals surface area contributed by atoms with E-state index >= 15 is 0 Å². The number of carbonyl (C=O) groups excluding carboxylic acids is 1. The Balaban J connectivity index is 1.63. The lowest BCUT2D eigenvalue weighted by molar-refractivity contribution is 0.0671. The lowest BCUT2D eigenvalue weighted by atomic mass is 9.77. The molecule has 186 valence electrons. The molecule has 0 spiro atoms. The number of aryl methyl sites for hydroxylation is 1. The van der Waals surface area contributed by atoms with E-state index in [1.165, 1.54) is 0 Å². The van der Waals surface area contributed by atoms with Crippen LogP contribution >= 0.6 is 11.6 Å². The maximum Gasteiger partial charge on any atom is 0.296 e. The van der Waals surface area contributed by atoms with Crippen molar-refractivity contribution in [3.05, 3.63) is 82.1 Å². The van der Waals surface area contributed by atoms with Gasteiger partial charge in [-0.1, -0.05) is 48.0 Å². The van der Waals surface area contributed by atoms with E-state index in [4.69, 9.17) is 26.2 Å². The number of methoxy groups -OCH3 is 2. The highest BCUT2D eigenvalue weighted by Crippen LogP contribution is 2.47. The highest BCUT2D eigenvalue weighted by molar-refractivity contribution is 6.33. The van der Waals surface area contributed by atoms with Gasteiger partial charge in [0.2, 0.25) is 0 Å². The van der Waals surface area contributed by atoms with Gasteiger partial charge in [0.05, 0.1) is 31.0 Å². The van der Waals surface area contributed by atoms with Gasteiger partial charge in [-0.3, -0.25) is 9.48 Å². The summed E-state index contributed by atoms with van der Waals surface area (Å²) in [6.07, 6.45) is 6.58. The largest absolute Gasteiger partial charge is 0.496 e. The number of amides is 1. The van der Waals surface area contributed by atoms with Crippen LogP contribution in [0.4, 0.5) is 0 Å². The summed E-state index contributed by atoms with van der Waals surface area (Å²) in [5.41, 5.74) is 4.14. The Hall–Kier alpha value is -3.58. The molecular weight excluding hydrogens is 476 g/mol. The highest BCUT2D eigenvalue weighted by Gasteiger charge is 2.45. The molecule has 0 N–H and O–H groups in total. The van der Waals surface area contributed by atoms with E-state index in [0.29, 0.717) is 11.6 Å². The number of rotatable bonds is 6. The van der Waals surface area contributed by atoms with Crippen LogP contribution in [0, 0.1) is 5.92 Å². The molecule has 8 heteroatoms. The number of nitrogens with zero attached hydrogens (tertiary/aromatic N) is 4. The fraction of sp³-hybridized carbons (Fsp3) is 0.321. The second-order valence-electron chi connectivity index (χ2n) is 8.91. The zero-order chi connectivity index (χ0) is 25.2. The van der Waals surface area contributed by atoms with Gasteiger partial charge in [-0.15, -0.1) is 0 Å². The summed E-state index contributed by atoms with van der Waals surface area (Å²) < 4.78 is 12.9. The number of carbonyl (C=O) groups is 1. The monoisotopic (exact) mass is 504 g/mol. The number of hydrogen-bond acceptors (Lipinski definition) is 5. The molecule has 0 bridgehead atoms. The predicted molar refractivity (Wildman–Crippen MR) is 141 cm³/mol. The summed E-state index contributed by atoms with van der Waals surface area (Å²) in [7, 11) is 3.32. The lowest BCUT2D eigenvalue weighted by Crippen LogP contribution is -2.32. The Bertz CT molecular complexity index is 1350. The fourth-order valence-electron chi connectivity index (χ4n) is 5.17. The van der Waals surface area contributed by atoms with Crippen LogP contribution in [-0.4, -0.2) is 40.6 Å². The summed E-state index contributed by atoms with van der Waals surface area (Å²) in [6, 6.07) is 15.4. The number of hydrogen-bond donors (Lipinski definition) is 0. The first-order chi connectivity index (χ1) is 17.5. The molecule has 1 aromatic heterocycles. The molecule has 2 aromatic carbocycles. The number of para-hydroxylation sites is 2. The molecule has 1 aliphatic carbocycles. The van der Waals surface area contributed by atoms with Gasteiger partial charge in [-0.25, -0.2) is 5.01 Å². The first-order valence-corrected chi connectivity index (χ1v) is 12.5. The van der Waals surface area contributed by atoms with Crippen LogP contribution < -0.4 is 9.47 Å². The maximum atomic E-state index is 13.9. The number of fused-ring (bicyclic) bond motifs is 1. The van der Waals surface area contributed by atoms with Crippen molar-refractivity contribution in [2.24, 2.45) is 11.0 Å². The minimum Gasteiger partial charge on any atom is -0.496 e. The summed E-state index contributed by atoms with van der Waals surface area (Å²) in [4.78, 5) is 13.9. The molecule has 3 aromatic rings. The lowest BCUT2D eigenvalue weighted by Gasteiger charge is -2.30. The number of allylic oxidation sites excluding steroid dienone is 1. The van der Waals surface area contributed by atoms with Crippen LogP contribution in [0.1, 0.15) is 53.8 Å². The van der Waals surface area contributed by atoms with Gasteiger partial charge in [0.1, 0.15) is 11.5 Å². The Morgan fingerprint density at radius 3 is 2.56 bits per heavy atom. The minimum atomic E-state index is -0.326. The van der Waals surface area contributed by atoms with Crippen LogP contribution in [0.5, 0.6) is 11.5 Å². The van der Waals surface area contributed by atoms with Crippen molar-refractivity contribution in [1.29, 1.82) is 0 Å². The first kappa shape index (κ1) is 24.1. The molecule has 5 rings (SSSR count). The smallest absolute Gasteiger partial charge is 0.296 e. The van der Waals surface area contributed by atoms with Gasteiger partial charge in [0, 0.05) is 29.8 Å². The molecule has 1 saturated carbocycles. The van der Waals surface area contributed by atoms with Crippen molar-refractivity contribution in [1.82, 2.24) is 14.8 Å². The average Bonchev–Trinajstić information content (AvgIpc) is 3.49. The van der Waals surface area contributed by atoms with Gasteiger partial charge >= 0.3 is 0 Å². The number of aromatic nitrogens is 2. The normalized spacial score (nSPS) is 20.3. The zero-order valence-electron chi connectivity index (χ0n) is 20.6. The molecule has 1 aliphatic heterocycles. The van der Waals surface area contributed by atoms with E-state index in [-0.39, 0.29) is 23.6 Å². The van der Waals surface area contributed by atoms with Crippen LogP contribution in [0.3, 0.4) is 0 Å². The van der Waals surface area contributed by atoms with E-state index in [1.807, 2.05) is 55.5 Å². The molecule has 7 nitrogen and oxygen atoms in total. The van der Waals surface area contributed by atoms with E-state index in [2.05, 4.69) is 11.2 Å². The third-order valence-electron chi connectivity index (χ3n) is 6.88. The van der Waals surface area contributed by atoms with Crippen LogP contribution in [0.25, 0.3) is 6.08 Å². The van der Waals surface area contributed by atoms with E-state index in [1.54, 1.807) is 30.1 Å². The molecule has 2 atom stereocenters. The average molecular weight is 505 g/mol. The van der Waals surface area contributed by atoms with E-state index in [0.717, 1.165) is 53.2 Å². The molecule has 1 amide bonds. The summed E-state index contributed by atoms with van der Waals surface area (Å²) >= 11 is 6.44. The quantitative estimate of drug-likeness (QED) is 0.412. The van der Waals surface area contributed by atoms with E-state index < -0.39 is 0 Å². The van der Waals surface area contributed by atoms with Crippen molar-refractivity contribution in [3.8, 4) is 11.5 Å². The number of benzene rings is 2. The molecule has 2 heterocycles. The molecule has 36 heavy (non-hydrogen) atoms. The van der Waals surface area contributed by atoms with Crippen molar-refractivity contribution in [3.63, 3.8) is 0 Å². The fourth-order valence-corrected chi connectivity index (χ4v) is 5.40. The second-order valence-corrected chi connectivity index (χ2v) is 9.32. The van der Waals surface area contributed by atoms with Crippen molar-refractivity contribution < 1.29 is 14.3 Å². The highest BCUT2D eigenvalue weighted by atomic mass is 35.5. The standard InChI is InChI=1S/C28H29ClN4O3/c1-4-32-17-22(29)26(30-32)28(34)33-27(20-12-6-8-15-24(20)36-3)21-13-9-11-19(25(21)31-33)16-18-10-5-7-14-23(18)35-2/h5-8,10,12,14-17,21,27H,4,9,11,13H2,1-3H3/b19-16+/t21-,27+/m0/s1. The molecule has 1 fully saturated rings. The zero-order valence-corrected chi connectivity index (χ0v) is 21.4. The van der Waals surface area contributed by atoms with Crippen molar-refractivity contribution in [2.75, 3.05) is 14.2 Å². The van der Waals surface area contributed by atoms with Gasteiger partial charge in [-0.05, 0) is 50.0 Å². The Labute approximate surface area is 216 Å². The number of halogens is 1. The molecule has 0 unspecified atom stereocenters. The maximum absolute atomic E-state index is 13.9. The van der Waals surface area contributed by atoms with Gasteiger partial charge < -0.3 is 9.47 Å². The van der Waals surface area contributed by atoms with Gasteiger partial charge in [-0.2, -0.15) is 10.2 Å². The van der Waals surface area contributed by atoms with E-state index in [9.17, 15) is 4.79 Å². The predicted octanol–water partition coefficient (Wildman–Crippen LogP) is 6.01. The Morgan fingerprint density at radius 2 is 1.83 bits per heavy atom. The number of ether oxygens (including phenoxy) is 2. The number of hydrazone groups is 1. The third kappa shape index (κ3) is 4.28. The van der Waals surface area contributed by atoms with Gasteiger partial charge in [0.15, 0.2) is 5.69 Å². The van der Waals surface area contributed by atoms with Crippen molar-refractivity contribution >= 4 is 29.3 Å². The first-order valence-electron chi connectivity index (χ1n) is 12.2. The molecule has 0 radical (unpaired) electrons. The minimum absolute atomic E-state index is 0.0204. The topological polar surface area (TPSA) is 69.0 Å². The third-order valence-corrected chi connectivity index (χ3v) is 7.16. The van der Waals surface area contributed by atoms with Crippen LogP contribution in [-0.2, 0) is 6.54 Å². The summed E-state index contributed by atoms with van der Waals surface area (Å²) in [6.45, 7) is 2.57. The van der Waals surface area contributed by atoms with Crippen molar-refractivity contribution in [2.45, 2.75) is 38.8 Å². The van der Waals surface area contributed by atoms with Crippen LogP contribution in [0.15, 0.2) is 65.4 Å².